The van der Waals surface area contributed by atoms with Gasteiger partial charge in [-0.25, -0.2) is 9.37 Å². The Morgan fingerprint density at radius 3 is 2.79 bits per heavy atom. The highest BCUT2D eigenvalue weighted by Crippen LogP contribution is 2.26. The smallest absolute Gasteiger partial charge is 0.181 e. The number of nitrogens with zero attached hydrogens (tertiary/aromatic N) is 1. The van der Waals surface area contributed by atoms with Gasteiger partial charge < -0.3 is 9.52 Å². The Labute approximate surface area is 79.8 Å². The number of aryl methyl sites for hydroxylation is 1. The van der Waals surface area contributed by atoms with Crippen LogP contribution in [0.2, 0.25) is 0 Å². The number of hydrogen-bond acceptors (Lipinski definition) is 3. The van der Waals surface area contributed by atoms with E-state index in [9.17, 15) is 4.39 Å². The molecule has 1 heterocycles. The lowest BCUT2D eigenvalue weighted by atomic mass is 10.1. The molecule has 2 aromatic rings. The van der Waals surface area contributed by atoms with Gasteiger partial charge in [-0.1, -0.05) is 0 Å². The Bertz CT molecular complexity index is 465. The molecule has 0 atom stereocenters. The normalized spacial score (nSPS) is 10.4. The summed E-state index contributed by atoms with van der Waals surface area (Å²) in [7, 11) is 0. The van der Waals surface area contributed by atoms with Crippen LogP contribution in [-0.2, 0) is 0 Å². The van der Waals surface area contributed by atoms with Crippen molar-refractivity contribution in [3.8, 4) is 17.0 Å². The van der Waals surface area contributed by atoms with E-state index < -0.39 is 5.82 Å². The molecule has 72 valence electrons. The van der Waals surface area contributed by atoms with Gasteiger partial charge in [0.2, 0.25) is 0 Å². The van der Waals surface area contributed by atoms with E-state index >= 15 is 0 Å². The van der Waals surface area contributed by atoms with Crippen LogP contribution in [0.1, 0.15) is 5.76 Å². The molecule has 1 aromatic heterocycles. The maximum Gasteiger partial charge on any atom is 0.181 e. The standard InChI is InChI=1S/C10H8FNO2/c1-6-10(12-5-14-6)7-2-3-8(11)9(13)4-7/h2-5,13H,1H3. The quantitative estimate of drug-likeness (QED) is 0.756. The molecule has 4 heteroatoms. The molecule has 0 aliphatic rings. The lowest BCUT2D eigenvalue weighted by molar-refractivity contribution is 0.432. The number of rotatable bonds is 1. The van der Waals surface area contributed by atoms with Gasteiger partial charge in [0.25, 0.3) is 0 Å². The first-order valence-corrected chi connectivity index (χ1v) is 4.07. The summed E-state index contributed by atoms with van der Waals surface area (Å²) < 4.78 is 17.7. The van der Waals surface area contributed by atoms with E-state index in [4.69, 9.17) is 9.52 Å². The molecule has 0 bridgehead atoms. The topological polar surface area (TPSA) is 46.3 Å². The average Bonchev–Trinajstić information content (AvgIpc) is 2.57. The Kier molecular flexibility index (Phi) is 1.96. The zero-order valence-electron chi connectivity index (χ0n) is 7.49. The monoisotopic (exact) mass is 193 g/mol. The largest absolute Gasteiger partial charge is 0.505 e. The minimum Gasteiger partial charge on any atom is -0.505 e. The molecule has 0 unspecified atom stereocenters. The van der Waals surface area contributed by atoms with Crippen LogP contribution < -0.4 is 0 Å². The molecule has 0 spiro atoms. The van der Waals surface area contributed by atoms with E-state index in [2.05, 4.69) is 4.98 Å². The number of benzene rings is 1. The van der Waals surface area contributed by atoms with Crippen LogP contribution in [0.25, 0.3) is 11.3 Å². The number of hydrogen-bond donors (Lipinski definition) is 1. The van der Waals surface area contributed by atoms with E-state index in [0.29, 0.717) is 17.0 Å². The number of aromatic hydroxyl groups is 1. The van der Waals surface area contributed by atoms with Crippen molar-refractivity contribution < 1.29 is 13.9 Å². The molecule has 0 saturated carbocycles. The van der Waals surface area contributed by atoms with Gasteiger partial charge in [0.05, 0.1) is 0 Å². The molecule has 0 amide bonds. The first-order valence-electron chi connectivity index (χ1n) is 4.07. The molecule has 0 radical (unpaired) electrons. The second-order valence-electron chi connectivity index (χ2n) is 2.92. The Balaban J connectivity index is 2.53. The van der Waals surface area contributed by atoms with Crippen molar-refractivity contribution in [3.05, 3.63) is 36.2 Å². The van der Waals surface area contributed by atoms with E-state index in [1.54, 1.807) is 13.0 Å². The van der Waals surface area contributed by atoms with Crippen molar-refractivity contribution in [2.24, 2.45) is 0 Å². The fraction of sp³-hybridized carbons (Fsp3) is 0.100. The molecule has 0 fully saturated rings. The van der Waals surface area contributed by atoms with Gasteiger partial charge in [0, 0.05) is 5.56 Å². The van der Waals surface area contributed by atoms with Crippen LogP contribution >= 0.6 is 0 Å². The van der Waals surface area contributed by atoms with Crippen LogP contribution in [0.3, 0.4) is 0 Å². The predicted octanol–water partition coefficient (Wildman–Crippen LogP) is 2.49. The fourth-order valence-electron chi connectivity index (χ4n) is 1.24. The lowest BCUT2D eigenvalue weighted by Gasteiger charge is -1.99. The number of halogens is 1. The predicted molar refractivity (Wildman–Crippen MR) is 48.3 cm³/mol. The molecule has 0 aliphatic heterocycles. The van der Waals surface area contributed by atoms with Crippen LogP contribution in [0.15, 0.2) is 29.0 Å². The Hall–Kier alpha value is -1.84. The summed E-state index contributed by atoms with van der Waals surface area (Å²) in [6.07, 6.45) is 1.31. The van der Waals surface area contributed by atoms with Crippen molar-refractivity contribution in [2.45, 2.75) is 6.92 Å². The second kappa shape index (κ2) is 3.14. The Morgan fingerprint density at radius 1 is 1.43 bits per heavy atom. The first kappa shape index (κ1) is 8.74. The van der Waals surface area contributed by atoms with E-state index in [0.717, 1.165) is 0 Å². The van der Waals surface area contributed by atoms with Crippen molar-refractivity contribution in [2.75, 3.05) is 0 Å². The maximum atomic E-state index is 12.7. The summed E-state index contributed by atoms with van der Waals surface area (Å²) in [5.41, 5.74) is 1.25. The van der Waals surface area contributed by atoms with Gasteiger partial charge >= 0.3 is 0 Å². The molecule has 0 aliphatic carbocycles. The highest BCUT2D eigenvalue weighted by atomic mass is 19.1. The summed E-state index contributed by atoms with van der Waals surface area (Å²) in [6, 6.07) is 4.05. The average molecular weight is 193 g/mol. The molecule has 1 N–H and O–H groups in total. The van der Waals surface area contributed by atoms with Crippen molar-refractivity contribution >= 4 is 0 Å². The molecule has 2 rings (SSSR count). The fourth-order valence-corrected chi connectivity index (χ4v) is 1.24. The molecule has 3 nitrogen and oxygen atoms in total. The summed E-state index contributed by atoms with van der Waals surface area (Å²) in [4.78, 5) is 3.96. The van der Waals surface area contributed by atoms with Crippen molar-refractivity contribution in [3.63, 3.8) is 0 Å². The van der Waals surface area contributed by atoms with Crippen LogP contribution in [0.4, 0.5) is 4.39 Å². The van der Waals surface area contributed by atoms with Crippen LogP contribution in [0, 0.1) is 12.7 Å². The van der Waals surface area contributed by atoms with Gasteiger partial charge in [0.15, 0.2) is 18.0 Å². The highest BCUT2D eigenvalue weighted by molar-refractivity contribution is 5.62. The summed E-state index contributed by atoms with van der Waals surface area (Å²) in [6.45, 7) is 1.75. The zero-order chi connectivity index (χ0) is 10.1. The summed E-state index contributed by atoms with van der Waals surface area (Å²) >= 11 is 0. The zero-order valence-corrected chi connectivity index (χ0v) is 7.49. The summed E-state index contributed by atoms with van der Waals surface area (Å²) in [5, 5.41) is 9.16. The molecular weight excluding hydrogens is 185 g/mol. The molecular formula is C10H8FNO2. The second-order valence-corrected chi connectivity index (χ2v) is 2.92. The molecule has 14 heavy (non-hydrogen) atoms. The van der Waals surface area contributed by atoms with Crippen molar-refractivity contribution in [1.29, 1.82) is 0 Å². The SMILES string of the molecule is Cc1ocnc1-c1ccc(F)c(O)c1. The van der Waals surface area contributed by atoms with Gasteiger partial charge in [-0.2, -0.15) is 0 Å². The van der Waals surface area contributed by atoms with Crippen LogP contribution in [-0.4, -0.2) is 10.1 Å². The third kappa shape index (κ3) is 1.35. The van der Waals surface area contributed by atoms with Gasteiger partial charge in [0.1, 0.15) is 11.5 Å². The van der Waals surface area contributed by atoms with Gasteiger partial charge in [-0.05, 0) is 25.1 Å². The maximum absolute atomic E-state index is 12.7. The minimum atomic E-state index is -0.644. The van der Waals surface area contributed by atoms with Crippen molar-refractivity contribution in [1.82, 2.24) is 4.98 Å². The highest BCUT2D eigenvalue weighted by Gasteiger charge is 2.08. The lowest BCUT2D eigenvalue weighted by Crippen LogP contribution is -1.82. The first-order chi connectivity index (χ1) is 6.68. The van der Waals surface area contributed by atoms with Crippen LogP contribution in [0.5, 0.6) is 5.75 Å². The third-order valence-electron chi connectivity index (χ3n) is 1.96. The van der Waals surface area contributed by atoms with Gasteiger partial charge in [-0.3, -0.25) is 0 Å². The number of phenols is 1. The number of phenolic OH excluding ortho intramolecular Hbond substituents is 1. The van der Waals surface area contributed by atoms with E-state index in [1.165, 1.54) is 18.5 Å². The third-order valence-corrected chi connectivity index (χ3v) is 1.96. The summed E-state index contributed by atoms with van der Waals surface area (Å²) in [5.74, 6) is -0.393. The van der Waals surface area contributed by atoms with E-state index in [1.807, 2.05) is 0 Å². The molecule has 1 aromatic carbocycles. The van der Waals surface area contributed by atoms with E-state index in [-0.39, 0.29) is 5.75 Å². The molecule has 0 saturated heterocycles. The van der Waals surface area contributed by atoms with Gasteiger partial charge in [-0.15, -0.1) is 0 Å². The number of oxazole rings is 1. The minimum absolute atomic E-state index is 0.384. The Morgan fingerprint density at radius 2 is 2.21 bits per heavy atom. The number of aromatic nitrogens is 1.